The fourth-order valence-electron chi connectivity index (χ4n) is 1.54. The fourth-order valence-corrected chi connectivity index (χ4v) is 1.54. The second-order valence-electron chi connectivity index (χ2n) is 3.56. The Morgan fingerprint density at radius 2 is 2.27 bits per heavy atom. The molecule has 0 aromatic rings. The van der Waals surface area contributed by atoms with Crippen molar-refractivity contribution in [1.29, 1.82) is 0 Å². The Bertz CT molecular complexity index is 132. The number of hydrogen-bond donors (Lipinski definition) is 2. The molecule has 1 heterocycles. The molecule has 0 saturated carbocycles. The van der Waals surface area contributed by atoms with Crippen LogP contribution in [0, 0.1) is 5.92 Å². The summed E-state index contributed by atoms with van der Waals surface area (Å²) in [6.45, 7) is 5.81. The van der Waals surface area contributed by atoms with Gasteiger partial charge >= 0.3 is 7.05 Å². The lowest BCUT2D eigenvalue weighted by Gasteiger charge is -2.35. The van der Waals surface area contributed by atoms with Gasteiger partial charge in [-0.25, -0.2) is 0 Å². The SMILES string of the molecule is CB(O)N1CC[C@@H](N)[C@H](C)C1. The molecule has 0 aromatic heterocycles. The molecule has 2 atom stereocenters. The number of piperidine rings is 1. The van der Waals surface area contributed by atoms with Crippen LogP contribution in [0.1, 0.15) is 13.3 Å². The zero-order valence-corrected chi connectivity index (χ0v) is 7.33. The predicted molar refractivity (Wildman–Crippen MR) is 47.2 cm³/mol. The lowest BCUT2D eigenvalue weighted by molar-refractivity contribution is 0.228. The van der Waals surface area contributed by atoms with Crippen LogP contribution in [0.3, 0.4) is 0 Å². The van der Waals surface area contributed by atoms with E-state index in [2.05, 4.69) is 11.7 Å². The molecular formula is C7H17BN2O. The highest BCUT2D eigenvalue weighted by molar-refractivity contribution is 6.45. The lowest BCUT2D eigenvalue weighted by Crippen LogP contribution is -2.50. The predicted octanol–water partition coefficient (Wildman–Crippen LogP) is -0.234. The Labute approximate surface area is 68.7 Å². The van der Waals surface area contributed by atoms with Gasteiger partial charge in [-0.15, -0.1) is 0 Å². The van der Waals surface area contributed by atoms with Crippen molar-refractivity contribution < 1.29 is 5.02 Å². The van der Waals surface area contributed by atoms with Crippen LogP contribution in [-0.2, 0) is 0 Å². The Morgan fingerprint density at radius 1 is 1.64 bits per heavy atom. The van der Waals surface area contributed by atoms with Crippen molar-refractivity contribution in [1.82, 2.24) is 4.81 Å². The molecule has 0 amide bonds. The quantitative estimate of drug-likeness (QED) is 0.515. The van der Waals surface area contributed by atoms with Crippen LogP contribution in [0.25, 0.3) is 0 Å². The molecule has 0 bridgehead atoms. The molecule has 0 unspecified atom stereocenters. The van der Waals surface area contributed by atoms with Crippen LogP contribution in [0.5, 0.6) is 0 Å². The van der Waals surface area contributed by atoms with Gasteiger partial charge in [0.25, 0.3) is 0 Å². The Hall–Kier alpha value is -0.0551. The topological polar surface area (TPSA) is 49.5 Å². The van der Waals surface area contributed by atoms with Crippen molar-refractivity contribution in [3.05, 3.63) is 0 Å². The third-order valence-corrected chi connectivity index (χ3v) is 2.53. The van der Waals surface area contributed by atoms with E-state index in [4.69, 9.17) is 5.73 Å². The van der Waals surface area contributed by atoms with Crippen LogP contribution >= 0.6 is 0 Å². The minimum Gasteiger partial charge on any atom is -0.437 e. The van der Waals surface area contributed by atoms with E-state index in [9.17, 15) is 5.02 Å². The van der Waals surface area contributed by atoms with E-state index in [1.807, 2.05) is 6.82 Å². The zero-order valence-electron chi connectivity index (χ0n) is 7.33. The van der Waals surface area contributed by atoms with Gasteiger partial charge in [-0.05, 0) is 32.3 Å². The summed E-state index contributed by atoms with van der Waals surface area (Å²) in [5.74, 6) is 0.512. The summed E-state index contributed by atoms with van der Waals surface area (Å²) >= 11 is 0. The average Bonchev–Trinajstić information content (AvgIpc) is 1.94. The highest BCUT2D eigenvalue weighted by Gasteiger charge is 2.26. The standard InChI is InChI=1S/C7H17BN2O/c1-6-5-10(8(2)11)4-3-7(6)9/h6-7,11H,3-5,9H2,1-2H3/t6-,7-/m1/s1. The van der Waals surface area contributed by atoms with Gasteiger partial charge in [0.05, 0.1) is 0 Å². The largest absolute Gasteiger partial charge is 0.437 e. The summed E-state index contributed by atoms with van der Waals surface area (Å²) in [5.41, 5.74) is 5.83. The zero-order chi connectivity index (χ0) is 8.43. The van der Waals surface area contributed by atoms with Gasteiger partial charge in [-0.1, -0.05) is 6.92 Å². The minimum absolute atomic E-state index is 0.315. The molecule has 3 N–H and O–H groups in total. The smallest absolute Gasteiger partial charge is 0.376 e. The first-order chi connectivity index (χ1) is 5.11. The van der Waals surface area contributed by atoms with E-state index in [1.165, 1.54) is 0 Å². The highest BCUT2D eigenvalue weighted by atomic mass is 16.2. The van der Waals surface area contributed by atoms with Gasteiger partial charge in [-0.2, -0.15) is 0 Å². The summed E-state index contributed by atoms with van der Waals surface area (Å²) in [5, 5.41) is 9.27. The maximum absolute atomic E-state index is 9.27. The van der Waals surface area contributed by atoms with Crippen molar-refractivity contribution in [2.45, 2.75) is 26.2 Å². The Balaban J connectivity index is 2.40. The monoisotopic (exact) mass is 156 g/mol. The van der Waals surface area contributed by atoms with Crippen LogP contribution in [0.4, 0.5) is 0 Å². The van der Waals surface area contributed by atoms with Gasteiger partial charge in [0.15, 0.2) is 0 Å². The second-order valence-corrected chi connectivity index (χ2v) is 3.56. The number of hydrogen-bond acceptors (Lipinski definition) is 3. The molecule has 1 saturated heterocycles. The Morgan fingerprint density at radius 3 is 2.73 bits per heavy atom. The summed E-state index contributed by atoms with van der Waals surface area (Å²) in [6, 6.07) is 0.324. The lowest BCUT2D eigenvalue weighted by atomic mass is 9.80. The molecule has 1 aliphatic rings. The molecule has 3 nitrogen and oxygen atoms in total. The van der Waals surface area contributed by atoms with Gasteiger partial charge in [-0.3, -0.25) is 0 Å². The molecule has 1 fully saturated rings. The van der Waals surface area contributed by atoms with Crippen LogP contribution in [0.2, 0.25) is 6.82 Å². The van der Waals surface area contributed by atoms with Crippen LogP contribution < -0.4 is 5.73 Å². The van der Waals surface area contributed by atoms with Crippen LogP contribution in [0.15, 0.2) is 0 Å². The molecule has 0 radical (unpaired) electrons. The molecule has 0 aromatic carbocycles. The van der Waals surface area contributed by atoms with E-state index in [-0.39, 0.29) is 7.05 Å². The van der Waals surface area contributed by atoms with E-state index < -0.39 is 0 Å². The number of nitrogens with zero attached hydrogens (tertiary/aromatic N) is 1. The molecule has 0 aliphatic carbocycles. The summed E-state index contributed by atoms with van der Waals surface area (Å²) in [7, 11) is -0.315. The molecule has 64 valence electrons. The summed E-state index contributed by atoms with van der Waals surface area (Å²) in [4.78, 5) is 2.06. The molecule has 11 heavy (non-hydrogen) atoms. The van der Waals surface area contributed by atoms with E-state index in [0.29, 0.717) is 12.0 Å². The molecule has 4 heteroatoms. The Kier molecular flexibility index (Phi) is 2.93. The first-order valence-corrected chi connectivity index (χ1v) is 4.29. The maximum atomic E-state index is 9.27. The minimum atomic E-state index is -0.315. The van der Waals surface area contributed by atoms with Crippen molar-refractivity contribution >= 4 is 7.05 Å². The first-order valence-electron chi connectivity index (χ1n) is 4.29. The maximum Gasteiger partial charge on any atom is 0.376 e. The van der Waals surface area contributed by atoms with Gasteiger partial charge in [0, 0.05) is 6.04 Å². The van der Waals surface area contributed by atoms with E-state index in [0.717, 1.165) is 19.5 Å². The van der Waals surface area contributed by atoms with Crippen molar-refractivity contribution in [3.63, 3.8) is 0 Å². The molecular weight excluding hydrogens is 139 g/mol. The van der Waals surface area contributed by atoms with Crippen molar-refractivity contribution in [3.8, 4) is 0 Å². The van der Waals surface area contributed by atoms with E-state index in [1.54, 1.807) is 0 Å². The molecule has 0 spiro atoms. The normalized spacial score (nSPS) is 33.8. The third kappa shape index (κ3) is 2.19. The number of nitrogens with two attached hydrogens (primary N) is 1. The van der Waals surface area contributed by atoms with Gasteiger partial charge in [0.2, 0.25) is 0 Å². The van der Waals surface area contributed by atoms with Crippen molar-refractivity contribution in [2.24, 2.45) is 11.7 Å². The molecule has 1 rings (SSSR count). The summed E-state index contributed by atoms with van der Waals surface area (Å²) in [6.07, 6.45) is 1.01. The second kappa shape index (κ2) is 3.56. The number of rotatable bonds is 1. The fraction of sp³-hybridized carbons (Fsp3) is 1.00. The third-order valence-electron chi connectivity index (χ3n) is 2.53. The highest BCUT2D eigenvalue weighted by Crippen LogP contribution is 2.14. The van der Waals surface area contributed by atoms with Gasteiger partial charge < -0.3 is 15.6 Å². The summed E-state index contributed by atoms with van der Waals surface area (Å²) < 4.78 is 0. The van der Waals surface area contributed by atoms with Crippen molar-refractivity contribution in [2.75, 3.05) is 13.1 Å². The average molecular weight is 156 g/mol. The first kappa shape index (κ1) is 9.04. The molecule has 1 aliphatic heterocycles. The van der Waals surface area contributed by atoms with Crippen LogP contribution in [-0.4, -0.2) is 36.0 Å². The van der Waals surface area contributed by atoms with E-state index >= 15 is 0 Å². The van der Waals surface area contributed by atoms with Gasteiger partial charge in [0.1, 0.15) is 0 Å².